The van der Waals surface area contributed by atoms with Gasteiger partial charge in [0.15, 0.2) is 11.5 Å². The van der Waals surface area contributed by atoms with Gasteiger partial charge in [-0.1, -0.05) is 36.4 Å². The van der Waals surface area contributed by atoms with Gasteiger partial charge in [-0.05, 0) is 23.8 Å². The van der Waals surface area contributed by atoms with E-state index in [0.29, 0.717) is 11.5 Å². The Hall–Kier alpha value is -2.99. The lowest BCUT2D eigenvalue weighted by molar-refractivity contribution is -0.898. The number of hydrogen-bond donors (Lipinski definition) is 2. The zero-order valence-electron chi connectivity index (χ0n) is 15.2. The van der Waals surface area contributed by atoms with Crippen LogP contribution >= 0.6 is 0 Å². The summed E-state index contributed by atoms with van der Waals surface area (Å²) >= 11 is 0. The second-order valence-corrected chi connectivity index (χ2v) is 6.75. The highest BCUT2D eigenvalue weighted by Gasteiger charge is 2.23. The van der Waals surface area contributed by atoms with Crippen molar-refractivity contribution < 1.29 is 19.2 Å². The number of hydrogen-bond acceptors (Lipinski definition) is 3. The molecule has 2 aliphatic heterocycles. The lowest BCUT2D eigenvalue weighted by Gasteiger charge is -2.31. The van der Waals surface area contributed by atoms with E-state index in [9.17, 15) is 4.79 Å². The van der Waals surface area contributed by atoms with E-state index in [1.807, 2.05) is 35.2 Å². The van der Waals surface area contributed by atoms with Crippen LogP contribution in [0.2, 0.25) is 0 Å². The number of anilines is 1. The summed E-state index contributed by atoms with van der Waals surface area (Å²) in [4.78, 5) is 15.9. The van der Waals surface area contributed by atoms with Crippen molar-refractivity contribution in [2.45, 2.75) is 0 Å². The monoisotopic (exact) mass is 366 g/mol. The summed E-state index contributed by atoms with van der Waals surface area (Å²) in [5, 5.41) is 2.95. The van der Waals surface area contributed by atoms with Gasteiger partial charge >= 0.3 is 6.03 Å². The van der Waals surface area contributed by atoms with Crippen LogP contribution in [0, 0.1) is 0 Å². The third-order valence-electron chi connectivity index (χ3n) is 4.90. The van der Waals surface area contributed by atoms with Crippen molar-refractivity contribution in [3.63, 3.8) is 0 Å². The molecule has 2 amide bonds. The maximum absolute atomic E-state index is 12.5. The Morgan fingerprint density at radius 1 is 1.07 bits per heavy atom. The Bertz CT molecular complexity index is 815. The predicted molar refractivity (Wildman–Crippen MR) is 104 cm³/mol. The fourth-order valence-corrected chi connectivity index (χ4v) is 3.33. The summed E-state index contributed by atoms with van der Waals surface area (Å²) in [6.45, 7) is 4.62. The van der Waals surface area contributed by atoms with Crippen LogP contribution in [-0.4, -0.2) is 50.4 Å². The smallest absolute Gasteiger partial charge is 0.322 e. The zero-order valence-corrected chi connectivity index (χ0v) is 15.2. The number of carbonyl (C=O) groups excluding carboxylic acids is 1. The summed E-state index contributed by atoms with van der Waals surface area (Å²) < 4.78 is 10.6. The highest BCUT2D eigenvalue weighted by molar-refractivity contribution is 5.89. The van der Waals surface area contributed by atoms with Crippen LogP contribution in [0.4, 0.5) is 10.5 Å². The van der Waals surface area contributed by atoms with E-state index in [4.69, 9.17) is 9.47 Å². The predicted octanol–water partition coefficient (Wildman–Crippen LogP) is 1.86. The van der Waals surface area contributed by atoms with Crippen molar-refractivity contribution in [2.75, 3.05) is 44.8 Å². The van der Waals surface area contributed by atoms with Crippen LogP contribution in [0.1, 0.15) is 5.56 Å². The largest absolute Gasteiger partial charge is 0.454 e. The van der Waals surface area contributed by atoms with Crippen molar-refractivity contribution in [1.29, 1.82) is 0 Å². The van der Waals surface area contributed by atoms with E-state index >= 15 is 0 Å². The first-order valence-corrected chi connectivity index (χ1v) is 9.29. The first kappa shape index (κ1) is 17.4. The summed E-state index contributed by atoms with van der Waals surface area (Å²) in [7, 11) is 0. The topological polar surface area (TPSA) is 55.2 Å². The molecule has 0 aliphatic carbocycles. The van der Waals surface area contributed by atoms with Crippen LogP contribution in [0.15, 0.2) is 54.6 Å². The van der Waals surface area contributed by atoms with Gasteiger partial charge in [0, 0.05) is 11.8 Å². The van der Waals surface area contributed by atoms with E-state index in [2.05, 4.69) is 29.6 Å². The molecular formula is C21H24N3O3+. The number of ether oxygens (including phenoxy) is 2. The third-order valence-corrected chi connectivity index (χ3v) is 4.90. The first-order chi connectivity index (χ1) is 13.3. The maximum atomic E-state index is 12.5. The Morgan fingerprint density at radius 3 is 2.67 bits per heavy atom. The van der Waals surface area contributed by atoms with E-state index in [1.54, 1.807) is 6.07 Å². The van der Waals surface area contributed by atoms with Gasteiger partial charge in [0.1, 0.15) is 0 Å². The molecule has 4 rings (SSSR count). The third kappa shape index (κ3) is 4.41. The Balaban J connectivity index is 1.24. The van der Waals surface area contributed by atoms with E-state index < -0.39 is 0 Å². The molecule has 0 radical (unpaired) electrons. The Labute approximate surface area is 159 Å². The summed E-state index contributed by atoms with van der Waals surface area (Å²) in [6, 6.07) is 15.7. The molecule has 0 atom stereocenters. The number of rotatable bonds is 4. The number of amides is 2. The Kier molecular flexibility index (Phi) is 5.25. The number of quaternary nitrogens is 1. The zero-order chi connectivity index (χ0) is 18.5. The molecule has 2 aliphatic rings. The van der Waals surface area contributed by atoms with Gasteiger partial charge in [0.05, 0.1) is 32.7 Å². The van der Waals surface area contributed by atoms with Crippen molar-refractivity contribution in [1.82, 2.24) is 4.90 Å². The summed E-state index contributed by atoms with van der Waals surface area (Å²) in [6.07, 6.45) is 4.37. The molecule has 2 aromatic carbocycles. The standard InChI is InChI=1S/C21H23N3O3/c25-21(22-18-8-9-19-20(15-18)27-16-26-19)24-13-11-23(12-14-24)10-4-7-17-5-2-1-3-6-17/h1-9,15H,10-14,16H2,(H,22,25)/p+1/b7-4+. The molecule has 1 saturated heterocycles. The molecule has 0 aromatic heterocycles. The lowest BCUT2D eigenvalue weighted by atomic mass is 10.2. The molecule has 0 unspecified atom stereocenters. The van der Waals surface area contributed by atoms with Crippen LogP contribution in [0.25, 0.3) is 6.08 Å². The molecule has 2 N–H and O–H groups in total. The summed E-state index contributed by atoms with van der Waals surface area (Å²) in [5.41, 5.74) is 1.95. The molecule has 0 bridgehead atoms. The van der Waals surface area contributed by atoms with E-state index in [0.717, 1.165) is 38.4 Å². The number of nitrogens with one attached hydrogen (secondary N) is 2. The molecule has 27 heavy (non-hydrogen) atoms. The fraction of sp³-hybridized carbons (Fsp3) is 0.286. The second-order valence-electron chi connectivity index (χ2n) is 6.75. The number of carbonyl (C=O) groups is 1. The van der Waals surface area contributed by atoms with Gasteiger partial charge in [0.2, 0.25) is 6.79 Å². The van der Waals surface area contributed by atoms with E-state index in [-0.39, 0.29) is 12.8 Å². The van der Waals surface area contributed by atoms with Crippen LogP contribution < -0.4 is 19.7 Å². The minimum atomic E-state index is -0.0623. The number of urea groups is 1. The highest BCUT2D eigenvalue weighted by atomic mass is 16.7. The second kappa shape index (κ2) is 8.14. The minimum absolute atomic E-state index is 0.0623. The van der Waals surface area contributed by atoms with Crippen LogP contribution in [0.5, 0.6) is 11.5 Å². The van der Waals surface area contributed by atoms with Crippen LogP contribution in [-0.2, 0) is 0 Å². The number of nitrogens with zero attached hydrogens (tertiary/aromatic N) is 1. The van der Waals surface area contributed by atoms with Crippen molar-refractivity contribution in [3.8, 4) is 11.5 Å². The quantitative estimate of drug-likeness (QED) is 0.869. The highest BCUT2D eigenvalue weighted by Crippen LogP contribution is 2.34. The van der Waals surface area contributed by atoms with Gasteiger partial charge < -0.3 is 24.6 Å². The first-order valence-electron chi connectivity index (χ1n) is 9.29. The van der Waals surface area contributed by atoms with Gasteiger partial charge in [-0.2, -0.15) is 0 Å². The van der Waals surface area contributed by atoms with Crippen LogP contribution in [0.3, 0.4) is 0 Å². The maximum Gasteiger partial charge on any atom is 0.322 e. The number of fused-ring (bicyclic) bond motifs is 1. The van der Waals surface area contributed by atoms with Crippen molar-refractivity contribution in [2.24, 2.45) is 0 Å². The number of piperazine rings is 1. The van der Waals surface area contributed by atoms with Crippen molar-refractivity contribution in [3.05, 3.63) is 60.2 Å². The van der Waals surface area contributed by atoms with Crippen molar-refractivity contribution >= 4 is 17.8 Å². The summed E-state index contributed by atoms with van der Waals surface area (Å²) in [5.74, 6) is 1.39. The molecule has 2 aromatic rings. The SMILES string of the molecule is O=C(Nc1ccc2c(c1)OCO2)N1CC[NH+](C/C=C/c2ccccc2)CC1. The molecule has 1 fully saturated rings. The fourth-order valence-electron chi connectivity index (χ4n) is 3.33. The van der Waals surface area contributed by atoms with Gasteiger partial charge in [0.25, 0.3) is 0 Å². The Morgan fingerprint density at radius 2 is 1.85 bits per heavy atom. The van der Waals surface area contributed by atoms with Gasteiger partial charge in [-0.3, -0.25) is 0 Å². The molecule has 0 saturated carbocycles. The molecule has 6 heteroatoms. The molecule has 2 heterocycles. The molecule has 6 nitrogen and oxygen atoms in total. The van der Waals surface area contributed by atoms with E-state index in [1.165, 1.54) is 10.5 Å². The lowest BCUT2D eigenvalue weighted by Crippen LogP contribution is -3.14. The van der Waals surface area contributed by atoms with Gasteiger partial charge in [-0.15, -0.1) is 0 Å². The average molecular weight is 366 g/mol. The molecular weight excluding hydrogens is 342 g/mol. The van der Waals surface area contributed by atoms with Gasteiger partial charge in [-0.25, -0.2) is 4.79 Å². The average Bonchev–Trinajstić information content (AvgIpc) is 3.17. The minimum Gasteiger partial charge on any atom is -0.454 e. The molecule has 140 valence electrons. The normalized spacial score (nSPS) is 16.7. The molecule has 0 spiro atoms. The number of benzene rings is 2.